The van der Waals surface area contributed by atoms with Crippen LogP contribution in [-0.4, -0.2) is 27.3 Å². The van der Waals surface area contributed by atoms with Crippen LogP contribution in [0.4, 0.5) is 0 Å². The molecule has 3 aromatic rings. The van der Waals surface area contributed by atoms with E-state index in [1.54, 1.807) is 17.5 Å². The largest absolute Gasteiger partial charge is 0.357 e. The Bertz CT molecular complexity index is 837. The summed E-state index contributed by atoms with van der Waals surface area (Å²) in [4.78, 5) is 10.3. The van der Waals surface area contributed by atoms with E-state index in [0.717, 1.165) is 24.1 Å². The minimum absolute atomic E-state index is 0.624. The molecule has 26 heavy (non-hydrogen) atoms. The predicted octanol–water partition coefficient (Wildman–Crippen LogP) is 2.95. The van der Waals surface area contributed by atoms with Crippen molar-refractivity contribution >= 4 is 17.3 Å². The van der Waals surface area contributed by atoms with Gasteiger partial charge in [0, 0.05) is 30.0 Å². The lowest BCUT2D eigenvalue weighted by Crippen LogP contribution is -2.36. The van der Waals surface area contributed by atoms with Crippen LogP contribution in [0.25, 0.3) is 0 Å². The molecule has 0 saturated heterocycles. The first-order chi connectivity index (χ1) is 12.7. The predicted molar refractivity (Wildman–Crippen MR) is 106 cm³/mol. The van der Waals surface area contributed by atoms with Crippen molar-refractivity contribution in [2.45, 2.75) is 33.5 Å². The number of guanidine groups is 1. The Balaban J connectivity index is 1.61. The van der Waals surface area contributed by atoms with Crippen molar-refractivity contribution in [1.29, 1.82) is 0 Å². The fraction of sp³-hybridized carbons (Fsp3) is 0.316. The number of rotatable bonds is 7. The molecule has 0 atom stereocenters. The van der Waals surface area contributed by atoms with Crippen LogP contribution in [0.15, 0.2) is 53.9 Å². The molecule has 3 rings (SSSR count). The number of hydrogen-bond donors (Lipinski definition) is 2. The molecular weight excluding hydrogens is 344 g/mol. The van der Waals surface area contributed by atoms with Gasteiger partial charge in [0.2, 0.25) is 0 Å². The first-order valence-corrected chi connectivity index (χ1v) is 9.53. The number of aromatic nitrogens is 3. The van der Waals surface area contributed by atoms with Crippen molar-refractivity contribution in [2.24, 2.45) is 4.99 Å². The Morgan fingerprint density at radius 1 is 1.23 bits per heavy atom. The van der Waals surface area contributed by atoms with Gasteiger partial charge in [0.1, 0.15) is 5.01 Å². The van der Waals surface area contributed by atoms with E-state index < -0.39 is 0 Å². The van der Waals surface area contributed by atoms with Crippen molar-refractivity contribution in [2.75, 3.05) is 6.54 Å². The summed E-state index contributed by atoms with van der Waals surface area (Å²) in [5.41, 5.74) is 2.40. The highest BCUT2D eigenvalue weighted by molar-refractivity contribution is 7.11. The lowest BCUT2D eigenvalue weighted by molar-refractivity contribution is 0.686. The van der Waals surface area contributed by atoms with Crippen LogP contribution < -0.4 is 10.6 Å². The van der Waals surface area contributed by atoms with Crippen molar-refractivity contribution < 1.29 is 0 Å². The van der Waals surface area contributed by atoms with Gasteiger partial charge in [-0.1, -0.05) is 24.3 Å². The molecule has 2 aromatic heterocycles. The van der Waals surface area contributed by atoms with E-state index in [9.17, 15) is 0 Å². The topological polar surface area (TPSA) is 67.1 Å². The number of thiazole rings is 1. The Kier molecular flexibility index (Phi) is 6.38. The first-order valence-electron chi connectivity index (χ1n) is 8.71. The summed E-state index contributed by atoms with van der Waals surface area (Å²) in [5, 5.41) is 11.9. The zero-order valence-electron chi connectivity index (χ0n) is 15.1. The van der Waals surface area contributed by atoms with E-state index in [1.165, 1.54) is 16.0 Å². The van der Waals surface area contributed by atoms with Gasteiger partial charge < -0.3 is 10.6 Å². The molecule has 0 fully saturated rings. The molecule has 0 spiro atoms. The average molecular weight is 369 g/mol. The molecule has 0 radical (unpaired) electrons. The van der Waals surface area contributed by atoms with Crippen molar-refractivity contribution in [1.82, 2.24) is 25.4 Å². The molecule has 0 unspecified atom stereocenters. The van der Waals surface area contributed by atoms with Crippen LogP contribution in [0.2, 0.25) is 0 Å². The van der Waals surface area contributed by atoms with Gasteiger partial charge in [-0.25, -0.2) is 9.98 Å². The van der Waals surface area contributed by atoms with Gasteiger partial charge in [-0.3, -0.25) is 4.68 Å². The first kappa shape index (κ1) is 18.1. The number of hydrogen-bond acceptors (Lipinski definition) is 4. The zero-order valence-corrected chi connectivity index (χ0v) is 16.0. The number of aryl methyl sites for hydroxylation is 1. The van der Waals surface area contributed by atoms with E-state index >= 15 is 0 Å². The second-order valence-corrected chi connectivity index (χ2v) is 7.26. The number of benzene rings is 1. The Labute approximate surface area is 158 Å². The molecule has 6 nitrogen and oxygen atoms in total. The van der Waals surface area contributed by atoms with Gasteiger partial charge in [0.15, 0.2) is 5.96 Å². The second-order valence-electron chi connectivity index (χ2n) is 5.94. The summed E-state index contributed by atoms with van der Waals surface area (Å²) in [6, 6.07) is 10.4. The highest BCUT2D eigenvalue weighted by atomic mass is 32.1. The fourth-order valence-corrected chi connectivity index (χ4v) is 3.29. The van der Waals surface area contributed by atoms with Gasteiger partial charge >= 0.3 is 0 Å². The summed E-state index contributed by atoms with van der Waals surface area (Å²) in [5.74, 6) is 0.804. The number of nitrogens with one attached hydrogen (secondary N) is 2. The summed E-state index contributed by atoms with van der Waals surface area (Å²) in [7, 11) is 0. The molecule has 2 heterocycles. The highest BCUT2D eigenvalue weighted by Gasteiger charge is 2.02. The van der Waals surface area contributed by atoms with Crippen LogP contribution in [0, 0.1) is 6.92 Å². The summed E-state index contributed by atoms with van der Waals surface area (Å²) in [6.07, 6.45) is 5.67. The maximum absolute atomic E-state index is 4.69. The lowest BCUT2D eigenvalue weighted by Gasteiger charge is -2.10. The van der Waals surface area contributed by atoms with Gasteiger partial charge in [-0.05, 0) is 31.0 Å². The smallest absolute Gasteiger partial charge is 0.191 e. The summed E-state index contributed by atoms with van der Waals surface area (Å²) in [6.45, 7) is 7.03. The Morgan fingerprint density at radius 2 is 2.12 bits per heavy atom. The van der Waals surface area contributed by atoms with Crippen LogP contribution >= 0.6 is 11.3 Å². The van der Waals surface area contributed by atoms with Gasteiger partial charge in [-0.2, -0.15) is 5.10 Å². The van der Waals surface area contributed by atoms with E-state index in [0.29, 0.717) is 13.1 Å². The summed E-state index contributed by atoms with van der Waals surface area (Å²) >= 11 is 1.70. The molecule has 0 aliphatic carbocycles. The fourth-order valence-electron chi connectivity index (χ4n) is 2.56. The van der Waals surface area contributed by atoms with E-state index in [2.05, 4.69) is 58.8 Å². The van der Waals surface area contributed by atoms with Crippen molar-refractivity contribution in [3.05, 3.63) is 69.9 Å². The third kappa shape index (κ3) is 5.42. The number of aliphatic imine (C=N–C) groups is 1. The molecule has 0 aliphatic heterocycles. The van der Waals surface area contributed by atoms with Crippen molar-refractivity contribution in [3.8, 4) is 0 Å². The van der Waals surface area contributed by atoms with Crippen LogP contribution in [0.5, 0.6) is 0 Å². The molecule has 136 valence electrons. The minimum Gasteiger partial charge on any atom is -0.357 e. The standard InChI is InChI=1S/C19H24N6S/c1-3-20-19(23-13-18-21-11-15(2)26-18)22-12-16-6-4-7-17(10-16)14-25-9-5-8-24-25/h4-11H,3,12-14H2,1-2H3,(H2,20,22,23). The lowest BCUT2D eigenvalue weighted by atomic mass is 10.1. The molecule has 1 aromatic carbocycles. The van der Waals surface area contributed by atoms with Gasteiger partial charge in [-0.15, -0.1) is 11.3 Å². The minimum atomic E-state index is 0.624. The SMILES string of the molecule is CCNC(=NCc1cccc(Cn2cccn2)c1)NCc1ncc(C)s1. The summed E-state index contributed by atoms with van der Waals surface area (Å²) < 4.78 is 1.92. The van der Waals surface area contributed by atoms with E-state index in [-0.39, 0.29) is 0 Å². The quantitative estimate of drug-likeness (QED) is 0.497. The Morgan fingerprint density at radius 3 is 2.85 bits per heavy atom. The van der Waals surface area contributed by atoms with E-state index in [1.807, 2.05) is 23.1 Å². The van der Waals surface area contributed by atoms with Crippen LogP contribution in [-0.2, 0) is 19.6 Å². The van der Waals surface area contributed by atoms with Crippen LogP contribution in [0.1, 0.15) is 27.9 Å². The number of nitrogens with zero attached hydrogens (tertiary/aromatic N) is 4. The maximum Gasteiger partial charge on any atom is 0.191 e. The third-order valence-electron chi connectivity index (χ3n) is 3.74. The normalized spacial score (nSPS) is 11.5. The molecule has 7 heteroatoms. The highest BCUT2D eigenvalue weighted by Crippen LogP contribution is 2.11. The zero-order chi connectivity index (χ0) is 18.2. The molecule has 0 bridgehead atoms. The molecule has 0 amide bonds. The van der Waals surface area contributed by atoms with Crippen molar-refractivity contribution in [3.63, 3.8) is 0 Å². The molecular formula is C19H24N6S. The second kappa shape index (κ2) is 9.15. The van der Waals surface area contributed by atoms with Gasteiger partial charge in [0.05, 0.1) is 19.6 Å². The maximum atomic E-state index is 4.69. The van der Waals surface area contributed by atoms with Gasteiger partial charge in [0.25, 0.3) is 0 Å². The average Bonchev–Trinajstić information content (AvgIpc) is 3.29. The monoisotopic (exact) mass is 368 g/mol. The Hall–Kier alpha value is -2.67. The molecule has 0 saturated carbocycles. The van der Waals surface area contributed by atoms with E-state index in [4.69, 9.17) is 4.99 Å². The molecule has 0 aliphatic rings. The van der Waals surface area contributed by atoms with Crippen LogP contribution in [0.3, 0.4) is 0 Å². The third-order valence-corrected chi connectivity index (χ3v) is 4.65. The molecule has 2 N–H and O–H groups in total.